The van der Waals surface area contributed by atoms with E-state index in [-0.39, 0.29) is 17.1 Å². The third-order valence-corrected chi connectivity index (χ3v) is 6.11. The second-order valence-electron chi connectivity index (χ2n) is 8.65. The number of unbranched alkanes of at least 4 members (excludes halogenated alkanes) is 1. The van der Waals surface area contributed by atoms with Crippen LogP contribution in [0.1, 0.15) is 53.9 Å². The van der Waals surface area contributed by atoms with Crippen molar-refractivity contribution in [2.75, 3.05) is 33.8 Å². The monoisotopic (exact) mass is 468 g/mol. The molecule has 0 fully saturated rings. The summed E-state index contributed by atoms with van der Waals surface area (Å²) in [7, 11) is 3.99. The van der Waals surface area contributed by atoms with Gasteiger partial charge in [0.05, 0.1) is 23.6 Å². The molecule has 0 radical (unpaired) electrons. The third kappa shape index (κ3) is 4.77. The normalized spacial score (nSPS) is 15.5. The summed E-state index contributed by atoms with van der Waals surface area (Å²) < 4.78 is 11.9. The predicted molar refractivity (Wildman–Crippen MR) is 130 cm³/mol. The van der Waals surface area contributed by atoms with Crippen molar-refractivity contribution in [3.8, 4) is 5.75 Å². The van der Waals surface area contributed by atoms with Gasteiger partial charge in [0.25, 0.3) is 5.91 Å². The SMILES string of the molecule is CCCCOc1cccc([C@@H]2c3c(oc4ccc(Cl)cc4c3=O)C(=O)N2CCCN(C)C)c1. The lowest BCUT2D eigenvalue weighted by Gasteiger charge is -2.26. The Morgan fingerprint density at radius 2 is 1.94 bits per heavy atom. The van der Waals surface area contributed by atoms with Gasteiger partial charge < -0.3 is 19.0 Å². The van der Waals surface area contributed by atoms with Crippen LogP contribution >= 0.6 is 11.6 Å². The molecule has 0 aliphatic carbocycles. The Morgan fingerprint density at radius 3 is 2.70 bits per heavy atom. The molecular weight excluding hydrogens is 440 g/mol. The van der Waals surface area contributed by atoms with E-state index in [0.717, 1.165) is 37.1 Å². The van der Waals surface area contributed by atoms with Gasteiger partial charge in [-0.05, 0) is 69.4 Å². The topological polar surface area (TPSA) is 63.0 Å². The molecule has 0 saturated heterocycles. The highest BCUT2D eigenvalue weighted by atomic mass is 35.5. The Hall–Kier alpha value is -2.83. The lowest BCUT2D eigenvalue weighted by Crippen LogP contribution is -2.32. The van der Waals surface area contributed by atoms with Crippen molar-refractivity contribution in [3.63, 3.8) is 0 Å². The number of amides is 1. The fourth-order valence-electron chi connectivity index (χ4n) is 4.24. The summed E-state index contributed by atoms with van der Waals surface area (Å²) in [5.41, 5.74) is 1.33. The fourth-order valence-corrected chi connectivity index (χ4v) is 4.41. The third-order valence-electron chi connectivity index (χ3n) is 5.87. The van der Waals surface area contributed by atoms with Gasteiger partial charge in [-0.1, -0.05) is 37.1 Å². The highest BCUT2D eigenvalue weighted by molar-refractivity contribution is 6.31. The average Bonchev–Trinajstić information content (AvgIpc) is 3.07. The van der Waals surface area contributed by atoms with E-state index in [9.17, 15) is 9.59 Å². The van der Waals surface area contributed by atoms with Crippen LogP contribution in [0.2, 0.25) is 5.02 Å². The van der Waals surface area contributed by atoms with Crippen LogP contribution in [-0.2, 0) is 0 Å². The molecule has 1 aliphatic heterocycles. The highest BCUT2D eigenvalue weighted by Gasteiger charge is 2.42. The van der Waals surface area contributed by atoms with Gasteiger partial charge in [0.15, 0.2) is 5.43 Å². The number of rotatable bonds is 9. The lowest BCUT2D eigenvalue weighted by atomic mass is 9.98. The first-order valence-corrected chi connectivity index (χ1v) is 11.7. The number of hydrogen-bond donors (Lipinski definition) is 0. The number of benzene rings is 2. The van der Waals surface area contributed by atoms with Gasteiger partial charge >= 0.3 is 0 Å². The van der Waals surface area contributed by atoms with E-state index in [1.54, 1.807) is 23.1 Å². The Labute approximate surface area is 198 Å². The van der Waals surface area contributed by atoms with Crippen LogP contribution in [0.3, 0.4) is 0 Å². The second kappa shape index (κ2) is 9.98. The van der Waals surface area contributed by atoms with Gasteiger partial charge in [-0.3, -0.25) is 9.59 Å². The predicted octanol–water partition coefficient (Wildman–Crippen LogP) is 5.12. The van der Waals surface area contributed by atoms with E-state index in [1.807, 2.05) is 38.4 Å². The van der Waals surface area contributed by atoms with Gasteiger partial charge in [-0.15, -0.1) is 0 Å². The Balaban J connectivity index is 1.81. The van der Waals surface area contributed by atoms with Crippen LogP contribution in [0.5, 0.6) is 5.75 Å². The smallest absolute Gasteiger partial charge is 0.290 e. The minimum absolute atomic E-state index is 0.113. The Bertz CT molecular complexity index is 1220. The first-order valence-electron chi connectivity index (χ1n) is 11.4. The molecule has 1 atom stereocenters. The molecule has 1 amide bonds. The minimum Gasteiger partial charge on any atom is -0.494 e. The molecule has 2 aromatic carbocycles. The Kier molecular flexibility index (Phi) is 7.05. The molecule has 33 heavy (non-hydrogen) atoms. The van der Waals surface area contributed by atoms with Crippen molar-refractivity contribution >= 4 is 28.5 Å². The highest BCUT2D eigenvalue weighted by Crippen LogP contribution is 2.39. The lowest BCUT2D eigenvalue weighted by molar-refractivity contribution is 0.0722. The number of nitrogens with zero attached hydrogens (tertiary/aromatic N) is 2. The number of hydrogen-bond acceptors (Lipinski definition) is 5. The van der Waals surface area contributed by atoms with Crippen LogP contribution in [0, 0.1) is 0 Å². The molecule has 0 unspecified atom stereocenters. The summed E-state index contributed by atoms with van der Waals surface area (Å²) in [6.45, 7) is 4.07. The molecule has 2 heterocycles. The van der Waals surface area contributed by atoms with Crippen molar-refractivity contribution in [3.05, 3.63) is 74.6 Å². The van der Waals surface area contributed by atoms with Crippen LogP contribution in [0.4, 0.5) is 0 Å². The number of carbonyl (C=O) groups is 1. The van der Waals surface area contributed by atoms with Crippen molar-refractivity contribution < 1.29 is 13.9 Å². The van der Waals surface area contributed by atoms with E-state index in [0.29, 0.717) is 34.7 Å². The minimum atomic E-state index is -0.538. The van der Waals surface area contributed by atoms with Gasteiger partial charge in [-0.25, -0.2) is 0 Å². The van der Waals surface area contributed by atoms with Gasteiger partial charge in [0, 0.05) is 11.6 Å². The zero-order valence-corrected chi connectivity index (χ0v) is 20.0. The average molecular weight is 469 g/mol. The molecule has 174 valence electrons. The van der Waals surface area contributed by atoms with Crippen LogP contribution < -0.4 is 10.2 Å². The van der Waals surface area contributed by atoms with Gasteiger partial charge in [-0.2, -0.15) is 0 Å². The van der Waals surface area contributed by atoms with Crippen molar-refractivity contribution in [1.82, 2.24) is 9.80 Å². The molecule has 1 aliphatic rings. The molecule has 0 N–H and O–H groups in total. The molecule has 4 rings (SSSR count). The standard InChI is InChI=1S/C26H29ClN2O4/c1-4-5-14-32-19-9-6-8-17(15-19)23-22-24(30)20-16-18(27)10-11-21(20)33-25(22)26(31)29(23)13-7-12-28(2)3/h6,8-11,15-16,23H,4-5,7,12-14H2,1-3H3/t23-/m1/s1. The number of ether oxygens (including phenoxy) is 1. The molecule has 3 aromatic rings. The summed E-state index contributed by atoms with van der Waals surface area (Å²) >= 11 is 6.15. The van der Waals surface area contributed by atoms with E-state index in [4.69, 9.17) is 20.8 Å². The molecule has 6 nitrogen and oxygen atoms in total. The van der Waals surface area contributed by atoms with E-state index < -0.39 is 6.04 Å². The summed E-state index contributed by atoms with van der Waals surface area (Å²) in [5.74, 6) is 0.574. The number of fused-ring (bicyclic) bond motifs is 2. The second-order valence-corrected chi connectivity index (χ2v) is 9.08. The van der Waals surface area contributed by atoms with Crippen molar-refractivity contribution in [1.29, 1.82) is 0 Å². The molecular formula is C26H29ClN2O4. The van der Waals surface area contributed by atoms with Crippen molar-refractivity contribution in [2.45, 2.75) is 32.2 Å². The van der Waals surface area contributed by atoms with E-state index >= 15 is 0 Å². The molecule has 7 heteroatoms. The van der Waals surface area contributed by atoms with Gasteiger partial charge in [0.1, 0.15) is 11.3 Å². The number of halogens is 1. The molecule has 1 aromatic heterocycles. The maximum atomic E-state index is 13.6. The molecule has 0 spiro atoms. The quantitative estimate of drug-likeness (QED) is 0.408. The zero-order valence-electron chi connectivity index (χ0n) is 19.3. The van der Waals surface area contributed by atoms with E-state index in [2.05, 4.69) is 11.8 Å². The van der Waals surface area contributed by atoms with Crippen LogP contribution in [0.15, 0.2) is 51.7 Å². The first kappa shape index (κ1) is 23.3. The van der Waals surface area contributed by atoms with Gasteiger partial charge in [0.2, 0.25) is 5.76 Å². The molecule has 0 saturated carbocycles. The fraction of sp³-hybridized carbons (Fsp3) is 0.385. The van der Waals surface area contributed by atoms with E-state index in [1.165, 1.54) is 0 Å². The van der Waals surface area contributed by atoms with Crippen molar-refractivity contribution in [2.24, 2.45) is 0 Å². The van der Waals surface area contributed by atoms with Crippen LogP contribution in [-0.4, -0.2) is 49.5 Å². The zero-order chi connectivity index (χ0) is 23.5. The first-order chi connectivity index (χ1) is 15.9. The van der Waals surface area contributed by atoms with Crippen LogP contribution in [0.25, 0.3) is 11.0 Å². The summed E-state index contributed by atoms with van der Waals surface area (Å²) in [6, 6.07) is 12.0. The maximum absolute atomic E-state index is 13.6. The number of carbonyl (C=O) groups excluding carboxylic acids is 1. The largest absolute Gasteiger partial charge is 0.494 e. The molecule has 0 bridgehead atoms. The summed E-state index contributed by atoms with van der Waals surface area (Å²) in [4.78, 5) is 30.8. The summed E-state index contributed by atoms with van der Waals surface area (Å²) in [6.07, 6.45) is 2.78. The Morgan fingerprint density at radius 1 is 1.12 bits per heavy atom. The summed E-state index contributed by atoms with van der Waals surface area (Å²) in [5, 5.41) is 0.828. The maximum Gasteiger partial charge on any atom is 0.290 e.